The molecular formula is C27H23N3O6. The Labute approximate surface area is 207 Å². The van der Waals surface area contributed by atoms with Crippen LogP contribution in [0.5, 0.6) is 11.5 Å². The van der Waals surface area contributed by atoms with Crippen LogP contribution in [0.15, 0.2) is 84.4 Å². The molecule has 0 saturated carbocycles. The first-order valence-electron chi connectivity index (χ1n) is 11.2. The fourth-order valence-electron chi connectivity index (χ4n) is 3.48. The molecule has 9 nitrogen and oxygen atoms in total. The lowest BCUT2D eigenvalue weighted by Crippen LogP contribution is -2.54. The van der Waals surface area contributed by atoms with Crippen molar-refractivity contribution >= 4 is 41.2 Å². The fraction of sp³-hybridized carbons (Fsp3) is 0.111. The molecule has 0 radical (unpaired) electrons. The third-order valence-corrected chi connectivity index (χ3v) is 5.10. The lowest BCUT2D eigenvalue weighted by Gasteiger charge is -2.26. The summed E-state index contributed by atoms with van der Waals surface area (Å²) in [4.78, 5) is 51.0. The third kappa shape index (κ3) is 5.76. The first kappa shape index (κ1) is 24.2. The van der Waals surface area contributed by atoms with Gasteiger partial charge in [0.25, 0.3) is 17.7 Å². The van der Waals surface area contributed by atoms with Crippen LogP contribution in [0.2, 0.25) is 0 Å². The number of hydrogen-bond acceptors (Lipinski definition) is 6. The van der Waals surface area contributed by atoms with Gasteiger partial charge in [0.2, 0.25) is 0 Å². The van der Waals surface area contributed by atoms with Crippen molar-refractivity contribution in [2.24, 2.45) is 0 Å². The molecule has 1 heterocycles. The normalized spacial score (nSPS) is 14.4. The van der Waals surface area contributed by atoms with Gasteiger partial charge in [-0.3, -0.25) is 19.7 Å². The first-order chi connectivity index (χ1) is 17.4. The monoisotopic (exact) mass is 485 g/mol. The highest BCUT2D eigenvalue weighted by atomic mass is 16.5. The van der Waals surface area contributed by atoms with Gasteiger partial charge in [0.15, 0.2) is 6.61 Å². The van der Waals surface area contributed by atoms with Crippen LogP contribution in [-0.4, -0.2) is 37.0 Å². The van der Waals surface area contributed by atoms with Crippen LogP contribution in [-0.2, 0) is 14.4 Å². The van der Waals surface area contributed by atoms with E-state index in [9.17, 15) is 19.2 Å². The number of anilines is 2. The molecule has 1 fully saturated rings. The van der Waals surface area contributed by atoms with E-state index in [4.69, 9.17) is 9.47 Å². The molecule has 0 spiro atoms. The summed E-state index contributed by atoms with van der Waals surface area (Å²) < 4.78 is 10.9. The maximum atomic E-state index is 13.1. The summed E-state index contributed by atoms with van der Waals surface area (Å²) in [7, 11) is 0. The molecule has 0 aliphatic carbocycles. The quantitative estimate of drug-likeness (QED) is 0.371. The number of imide groups is 2. The van der Waals surface area contributed by atoms with Crippen molar-refractivity contribution < 1.29 is 28.7 Å². The highest BCUT2D eigenvalue weighted by molar-refractivity contribution is 6.39. The van der Waals surface area contributed by atoms with E-state index in [1.807, 2.05) is 13.0 Å². The van der Waals surface area contributed by atoms with Crippen LogP contribution in [0, 0.1) is 0 Å². The van der Waals surface area contributed by atoms with Crippen molar-refractivity contribution in [2.45, 2.75) is 6.92 Å². The molecule has 182 valence electrons. The van der Waals surface area contributed by atoms with Gasteiger partial charge < -0.3 is 14.8 Å². The zero-order valence-electron chi connectivity index (χ0n) is 19.4. The minimum atomic E-state index is -0.840. The highest BCUT2D eigenvalue weighted by Gasteiger charge is 2.36. The van der Waals surface area contributed by atoms with Gasteiger partial charge in [-0.15, -0.1) is 0 Å². The van der Waals surface area contributed by atoms with E-state index in [2.05, 4.69) is 10.6 Å². The van der Waals surface area contributed by atoms with Crippen molar-refractivity contribution in [3.05, 3.63) is 90.0 Å². The Morgan fingerprint density at radius 3 is 2.39 bits per heavy atom. The molecule has 0 bridgehead atoms. The van der Waals surface area contributed by atoms with Crippen LogP contribution in [0.25, 0.3) is 6.08 Å². The van der Waals surface area contributed by atoms with E-state index in [1.165, 1.54) is 6.08 Å². The smallest absolute Gasteiger partial charge is 0.335 e. The zero-order valence-corrected chi connectivity index (χ0v) is 19.4. The van der Waals surface area contributed by atoms with Crippen LogP contribution < -0.4 is 25.0 Å². The van der Waals surface area contributed by atoms with E-state index >= 15 is 0 Å². The number of rotatable bonds is 8. The lowest BCUT2D eigenvalue weighted by atomic mass is 10.1. The van der Waals surface area contributed by atoms with E-state index in [0.717, 1.165) is 4.90 Å². The van der Waals surface area contributed by atoms with E-state index in [-0.39, 0.29) is 18.1 Å². The van der Waals surface area contributed by atoms with Crippen LogP contribution >= 0.6 is 0 Å². The summed E-state index contributed by atoms with van der Waals surface area (Å²) in [6, 6.07) is 21.1. The first-order valence-corrected chi connectivity index (χ1v) is 11.2. The number of nitrogens with zero attached hydrogens (tertiary/aromatic N) is 1. The molecule has 3 aromatic carbocycles. The maximum absolute atomic E-state index is 13.1. The van der Waals surface area contributed by atoms with Crippen molar-refractivity contribution in [2.75, 3.05) is 23.4 Å². The Bertz CT molecular complexity index is 1320. The van der Waals surface area contributed by atoms with E-state index in [0.29, 0.717) is 35.0 Å². The largest absolute Gasteiger partial charge is 0.494 e. The number of urea groups is 1. The average Bonchev–Trinajstić information content (AvgIpc) is 2.87. The van der Waals surface area contributed by atoms with Gasteiger partial charge in [-0.2, -0.15) is 0 Å². The fourth-order valence-corrected chi connectivity index (χ4v) is 3.48. The second-order valence-corrected chi connectivity index (χ2v) is 7.66. The number of carbonyl (C=O) groups is 4. The van der Waals surface area contributed by atoms with Crippen molar-refractivity contribution in [1.29, 1.82) is 0 Å². The molecule has 1 aliphatic heterocycles. The lowest BCUT2D eigenvalue weighted by molar-refractivity contribution is -0.122. The number of nitrogens with one attached hydrogen (secondary N) is 2. The van der Waals surface area contributed by atoms with Gasteiger partial charge in [-0.1, -0.05) is 30.3 Å². The van der Waals surface area contributed by atoms with Crippen molar-refractivity contribution in [3.8, 4) is 11.5 Å². The van der Waals surface area contributed by atoms with Crippen LogP contribution in [0.3, 0.4) is 0 Å². The Morgan fingerprint density at radius 2 is 1.67 bits per heavy atom. The molecule has 0 aromatic heterocycles. The molecule has 36 heavy (non-hydrogen) atoms. The average molecular weight is 485 g/mol. The minimum absolute atomic E-state index is 0.220. The number of carbonyl (C=O) groups excluding carboxylic acids is 4. The summed E-state index contributed by atoms with van der Waals surface area (Å²) in [5.74, 6) is -0.943. The topological polar surface area (TPSA) is 114 Å². The summed E-state index contributed by atoms with van der Waals surface area (Å²) in [6.45, 7) is 2.09. The SMILES string of the molecule is CCOc1ccc(N2C(=O)NC(=O)/C(=C\c3cccc(OCC(=O)Nc4ccccc4)c3)C2=O)cc1. The summed E-state index contributed by atoms with van der Waals surface area (Å²) in [5.41, 5.74) is 1.21. The van der Waals surface area contributed by atoms with Crippen LogP contribution in [0.1, 0.15) is 12.5 Å². The van der Waals surface area contributed by atoms with Crippen molar-refractivity contribution in [3.63, 3.8) is 0 Å². The molecular weight excluding hydrogens is 462 g/mol. The summed E-state index contributed by atoms with van der Waals surface area (Å²) >= 11 is 0. The number of barbiturate groups is 1. The van der Waals surface area contributed by atoms with Gasteiger partial charge in [0, 0.05) is 5.69 Å². The summed E-state index contributed by atoms with van der Waals surface area (Å²) in [6.07, 6.45) is 1.36. The maximum Gasteiger partial charge on any atom is 0.335 e. The number of amides is 5. The minimum Gasteiger partial charge on any atom is -0.494 e. The molecule has 1 saturated heterocycles. The standard InChI is InChI=1S/C27H23N3O6/c1-2-35-21-13-11-20(12-14-21)30-26(33)23(25(32)29-27(30)34)16-18-7-6-10-22(15-18)36-17-24(31)28-19-8-4-3-5-9-19/h3-16H,2,17H2,1H3,(H,28,31)(H,29,32,34)/b23-16+. The van der Waals surface area contributed by atoms with Gasteiger partial charge >= 0.3 is 6.03 Å². The molecule has 0 unspecified atom stereocenters. The zero-order chi connectivity index (χ0) is 25.5. The molecule has 0 atom stereocenters. The van der Waals surface area contributed by atoms with Gasteiger partial charge in [0.05, 0.1) is 12.3 Å². The second kappa shape index (κ2) is 11.0. The second-order valence-electron chi connectivity index (χ2n) is 7.66. The number of para-hydroxylation sites is 1. The van der Waals surface area contributed by atoms with E-state index in [1.54, 1.807) is 72.8 Å². The molecule has 9 heteroatoms. The van der Waals surface area contributed by atoms with Gasteiger partial charge in [0.1, 0.15) is 17.1 Å². The summed E-state index contributed by atoms with van der Waals surface area (Å²) in [5, 5.41) is 4.91. The van der Waals surface area contributed by atoms with Crippen LogP contribution in [0.4, 0.5) is 16.2 Å². The Balaban J connectivity index is 1.48. The molecule has 4 rings (SSSR count). The van der Waals surface area contributed by atoms with Gasteiger partial charge in [-0.05, 0) is 67.1 Å². The molecule has 3 aromatic rings. The Hall–Kier alpha value is -4.92. The molecule has 2 N–H and O–H groups in total. The highest BCUT2D eigenvalue weighted by Crippen LogP contribution is 2.25. The molecule has 1 aliphatic rings. The number of hydrogen-bond donors (Lipinski definition) is 2. The van der Waals surface area contributed by atoms with E-state index < -0.39 is 17.8 Å². The Morgan fingerprint density at radius 1 is 0.917 bits per heavy atom. The number of benzene rings is 3. The third-order valence-electron chi connectivity index (χ3n) is 5.10. The van der Waals surface area contributed by atoms with Gasteiger partial charge in [-0.25, -0.2) is 9.69 Å². The number of ether oxygens (including phenoxy) is 2. The predicted octanol–water partition coefficient (Wildman–Crippen LogP) is 3.77. The molecule has 5 amide bonds. The predicted molar refractivity (Wildman–Crippen MR) is 134 cm³/mol. The van der Waals surface area contributed by atoms with Crippen molar-refractivity contribution in [1.82, 2.24) is 5.32 Å². The Kier molecular flexibility index (Phi) is 7.40.